The van der Waals surface area contributed by atoms with Gasteiger partial charge in [0.05, 0.1) is 6.20 Å². The van der Waals surface area contributed by atoms with Crippen LogP contribution in [-0.2, 0) is 13.0 Å². The monoisotopic (exact) mass is 273 g/mol. The van der Waals surface area contributed by atoms with Crippen molar-refractivity contribution in [3.63, 3.8) is 0 Å². The SMILES string of the molecule is CC(CCCc1ccccc1)N(N)Cc1cn[nH]c1N. The van der Waals surface area contributed by atoms with Gasteiger partial charge in [0.15, 0.2) is 0 Å². The number of aromatic amines is 1. The van der Waals surface area contributed by atoms with Crippen molar-refractivity contribution in [1.29, 1.82) is 0 Å². The molecule has 0 aliphatic heterocycles. The molecule has 0 aliphatic carbocycles. The van der Waals surface area contributed by atoms with E-state index in [1.54, 1.807) is 6.20 Å². The molecule has 108 valence electrons. The van der Waals surface area contributed by atoms with Gasteiger partial charge in [-0.2, -0.15) is 5.10 Å². The number of hydrazine groups is 1. The van der Waals surface area contributed by atoms with E-state index in [1.165, 1.54) is 5.56 Å². The van der Waals surface area contributed by atoms with Crippen LogP contribution in [0.1, 0.15) is 30.9 Å². The van der Waals surface area contributed by atoms with Crippen LogP contribution in [0.3, 0.4) is 0 Å². The van der Waals surface area contributed by atoms with Crippen LogP contribution in [0.15, 0.2) is 36.5 Å². The number of aromatic nitrogens is 2. The second kappa shape index (κ2) is 7.07. The Labute approximate surface area is 119 Å². The van der Waals surface area contributed by atoms with Crippen LogP contribution in [0, 0.1) is 0 Å². The molecule has 5 N–H and O–H groups in total. The number of nitrogens with two attached hydrogens (primary N) is 2. The average molecular weight is 273 g/mol. The smallest absolute Gasteiger partial charge is 0.123 e. The number of hydrogen-bond acceptors (Lipinski definition) is 4. The molecule has 0 saturated carbocycles. The van der Waals surface area contributed by atoms with E-state index < -0.39 is 0 Å². The minimum Gasteiger partial charge on any atom is -0.384 e. The van der Waals surface area contributed by atoms with Gasteiger partial charge in [-0.1, -0.05) is 30.3 Å². The molecule has 1 aromatic heterocycles. The van der Waals surface area contributed by atoms with Crippen molar-refractivity contribution in [1.82, 2.24) is 15.2 Å². The molecule has 1 aromatic carbocycles. The fourth-order valence-electron chi connectivity index (χ4n) is 2.21. The summed E-state index contributed by atoms with van der Waals surface area (Å²) in [6.07, 6.45) is 5.00. The third-order valence-electron chi connectivity index (χ3n) is 3.60. The Hall–Kier alpha value is -1.85. The van der Waals surface area contributed by atoms with Crippen LogP contribution in [0.4, 0.5) is 5.82 Å². The van der Waals surface area contributed by atoms with Crippen LogP contribution >= 0.6 is 0 Å². The van der Waals surface area contributed by atoms with Gasteiger partial charge >= 0.3 is 0 Å². The molecule has 2 aromatic rings. The molecule has 0 fully saturated rings. The maximum Gasteiger partial charge on any atom is 0.123 e. The minimum absolute atomic E-state index is 0.313. The Morgan fingerprint density at radius 1 is 1.30 bits per heavy atom. The van der Waals surface area contributed by atoms with Crippen molar-refractivity contribution < 1.29 is 0 Å². The first kappa shape index (κ1) is 14.6. The molecule has 1 heterocycles. The number of rotatable bonds is 7. The number of benzene rings is 1. The van der Waals surface area contributed by atoms with Gasteiger partial charge in [0.2, 0.25) is 0 Å². The van der Waals surface area contributed by atoms with E-state index in [0.717, 1.165) is 24.8 Å². The lowest BCUT2D eigenvalue weighted by Crippen LogP contribution is -2.38. The first-order valence-electron chi connectivity index (χ1n) is 7.00. The molecule has 1 unspecified atom stereocenters. The van der Waals surface area contributed by atoms with Gasteiger partial charge in [0.1, 0.15) is 5.82 Å². The Kier molecular flexibility index (Phi) is 5.15. The van der Waals surface area contributed by atoms with E-state index >= 15 is 0 Å². The van der Waals surface area contributed by atoms with E-state index in [1.807, 2.05) is 11.1 Å². The Bertz CT molecular complexity index is 508. The second-order valence-electron chi connectivity index (χ2n) is 5.21. The Morgan fingerprint density at radius 2 is 2.05 bits per heavy atom. The molecule has 1 atom stereocenters. The summed E-state index contributed by atoms with van der Waals surface area (Å²) in [6.45, 7) is 2.76. The van der Waals surface area contributed by atoms with Crippen LogP contribution < -0.4 is 11.6 Å². The summed E-state index contributed by atoms with van der Waals surface area (Å²) in [4.78, 5) is 0. The van der Waals surface area contributed by atoms with E-state index in [-0.39, 0.29) is 0 Å². The highest BCUT2D eigenvalue weighted by molar-refractivity contribution is 5.36. The molecule has 5 nitrogen and oxygen atoms in total. The molecule has 20 heavy (non-hydrogen) atoms. The summed E-state index contributed by atoms with van der Waals surface area (Å²) in [5.74, 6) is 6.69. The topological polar surface area (TPSA) is 84.0 Å². The van der Waals surface area contributed by atoms with Crippen LogP contribution in [0.25, 0.3) is 0 Å². The zero-order valence-electron chi connectivity index (χ0n) is 11.9. The molecule has 0 radical (unpaired) electrons. The molecule has 0 aliphatic rings. The summed E-state index contributed by atoms with van der Waals surface area (Å²) in [7, 11) is 0. The Morgan fingerprint density at radius 3 is 2.70 bits per heavy atom. The zero-order valence-corrected chi connectivity index (χ0v) is 11.9. The number of anilines is 1. The van der Waals surface area contributed by atoms with Crippen molar-refractivity contribution >= 4 is 5.82 Å². The molecule has 0 amide bonds. The number of aryl methyl sites for hydroxylation is 1. The molecule has 2 rings (SSSR count). The highest BCUT2D eigenvalue weighted by Crippen LogP contribution is 2.13. The molecule has 5 heteroatoms. The van der Waals surface area contributed by atoms with Gasteiger partial charge in [-0.05, 0) is 31.7 Å². The van der Waals surface area contributed by atoms with Crippen molar-refractivity contribution in [2.75, 3.05) is 5.73 Å². The van der Waals surface area contributed by atoms with E-state index in [2.05, 4.69) is 41.4 Å². The third-order valence-corrected chi connectivity index (χ3v) is 3.60. The highest BCUT2D eigenvalue weighted by Gasteiger charge is 2.12. The number of nitrogens with one attached hydrogen (secondary N) is 1. The first-order valence-corrected chi connectivity index (χ1v) is 7.00. The summed E-state index contributed by atoms with van der Waals surface area (Å²) < 4.78 is 0. The lowest BCUT2D eigenvalue weighted by Gasteiger charge is -2.23. The predicted molar refractivity (Wildman–Crippen MR) is 81.6 cm³/mol. The van der Waals surface area contributed by atoms with Crippen molar-refractivity contribution in [3.8, 4) is 0 Å². The van der Waals surface area contributed by atoms with Gasteiger partial charge in [-0.3, -0.25) is 10.9 Å². The summed E-state index contributed by atoms with van der Waals surface area (Å²) in [6, 6.07) is 10.8. The quantitative estimate of drug-likeness (QED) is 0.532. The molecule has 0 spiro atoms. The van der Waals surface area contributed by atoms with E-state index in [4.69, 9.17) is 11.6 Å². The van der Waals surface area contributed by atoms with Gasteiger partial charge in [-0.15, -0.1) is 0 Å². The maximum atomic E-state index is 6.09. The van der Waals surface area contributed by atoms with Crippen molar-refractivity contribution in [3.05, 3.63) is 47.7 Å². The molecular formula is C15H23N5. The van der Waals surface area contributed by atoms with Crippen molar-refractivity contribution in [2.45, 2.75) is 38.8 Å². The minimum atomic E-state index is 0.313. The summed E-state index contributed by atoms with van der Waals surface area (Å²) in [5, 5.41) is 8.45. The van der Waals surface area contributed by atoms with Gasteiger partial charge in [0, 0.05) is 18.2 Å². The molecular weight excluding hydrogens is 250 g/mol. The van der Waals surface area contributed by atoms with E-state index in [0.29, 0.717) is 18.4 Å². The molecule has 0 bridgehead atoms. The average Bonchev–Trinajstić information content (AvgIpc) is 2.85. The fourth-order valence-corrected chi connectivity index (χ4v) is 2.21. The second-order valence-corrected chi connectivity index (χ2v) is 5.21. The van der Waals surface area contributed by atoms with Gasteiger partial charge in [-0.25, -0.2) is 5.01 Å². The van der Waals surface area contributed by atoms with Crippen LogP contribution in [0.5, 0.6) is 0 Å². The number of H-pyrrole nitrogens is 1. The van der Waals surface area contributed by atoms with Gasteiger partial charge in [0.25, 0.3) is 0 Å². The van der Waals surface area contributed by atoms with Crippen LogP contribution in [0.2, 0.25) is 0 Å². The van der Waals surface area contributed by atoms with Gasteiger partial charge < -0.3 is 5.73 Å². The largest absolute Gasteiger partial charge is 0.384 e. The van der Waals surface area contributed by atoms with E-state index in [9.17, 15) is 0 Å². The fraction of sp³-hybridized carbons (Fsp3) is 0.400. The Balaban J connectivity index is 1.74. The number of nitrogen functional groups attached to an aromatic ring is 1. The summed E-state index contributed by atoms with van der Waals surface area (Å²) in [5.41, 5.74) is 8.09. The lowest BCUT2D eigenvalue weighted by molar-refractivity contribution is 0.193. The molecule has 0 saturated heterocycles. The predicted octanol–water partition coefficient (Wildman–Crippen LogP) is 2.08. The summed E-state index contributed by atoms with van der Waals surface area (Å²) >= 11 is 0. The zero-order chi connectivity index (χ0) is 14.4. The third kappa shape index (κ3) is 4.08. The lowest BCUT2D eigenvalue weighted by atomic mass is 10.1. The standard InChI is InChI=1S/C15H23N5/c1-12(6-5-9-13-7-3-2-4-8-13)20(17)11-14-10-18-19-15(14)16/h2-4,7-8,10,12H,5-6,9,11,17H2,1H3,(H3,16,18,19). The maximum absolute atomic E-state index is 6.09. The van der Waals surface area contributed by atoms with Crippen LogP contribution in [-0.4, -0.2) is 21.2 Å². The normalized spacial score (nSPS) is 12.8. The first-order chi connectivity index (χ1) is 9.66. The van der Waals surface area contributed by atoms with Crippen molar-refractivity contribution in [2.24, 2.45) is 5.84 Å². The number of nitrogens with zero attached hydrogens (tertiary/aromatic N) is 2. The highest BCUT2D eigenvalue weighted by atomic mass is 15.4. The number of hydrogen-bond donors (Lipinski definition) is 3.